The molecule has 1 aliphatic rings. The van der Waals surface area contributed by atoms with Gasteiger partial charge in [0.25, 0.3) is 10.0 Å². The maximum absolute atomic E-state index is 12.6. The Morgan fingerprint density at radius 2 is 1.96 bits per heavy atom. The van der Waals surface area contributed by atoms with Gasteiger partial charge in [0, 0.05) is 26.2 Å². The second kappa shape index (κ2) is 9.70. The van der Waals surface area contributed by atoms with Crippen LogP contribution in [0.4, 0.5) is 0 Å². The molecule has 0 atom stereocenters. The van der Waals surface area contributed by atoms with Gasteiger partial charge >= 0.3 is 0 Å². The lowest BCUT2D eigenvalue weighted by Crippen LogP contribution is -2.43. The standard InChI is InChI=1S/C13H19ClN4O4S2.ClH/c14-10-2-3-13(23-10)24(21,22)18-5-1-4-17(6-7-18)12(20)9-16-11(19)8-15;/h2-3H,1,4-9,15H2,(H,16,19);1H. The van der Waals surface area contributed by atoms with Crippen molar-refractivity contribution in [1.29, 1.82) is 0 Å². The van der Waals surface area contributed by atoms with Gasteiger partial charge in [-0.2, -0.15) is 4.31 Å². The number of carbonyl (C=O) groups excluding carboxylic acids is 2. The molecule has 25 heavy (non-hydrogen) atoms. The molecule has 0 radical (unpaired) electrons. The topological polar surface area (TPSA) is 113 Å². The molecular formula is C13H20Cl2N4O4S2. The summed E-state index contributed by atoms with van der Waals surface area (Å²) < 4.78 is 27.1. The van der Waals surface area contributed by atoms with Crippen LogP contribution in [-0.4, -0.2) is 68.7 Å². The molecule has 0 aromatic carbocycles. The van der Waals surface area contributed by atoms with Gasteiger partial charge in [-0.25, -0.2) is 8.42 Å². The number of thiophene rings is 1. The quantitative estimate of drug-likeness (QED) is 0.688. The molecule has 8 nitrogen and oxygen atoms in total. The second-order valence-corrected chi connectivity index (χ2v) is 9.06. The van der Waals surface area contributed by atoms with Crippen LogP contribution in [0.1, 0.15) is 6.42 Å². The zero-order valence-electron chi connectivity index (χ0n) is 13.3. The van der Waals surface area contributed by atoms with Crippen LogP contribution in [0, 0.1) is 0 Å². The van der Waals surface area contributed by atoms with Gasteiger partial charge in [0.05, 0.1) is 17.4 Å². The van der Waals surface area contributed by atoms with Crippen LogP contribution in [0.2, 0.25) is 4.34 Å². The van der Waals surface area contributed by atoms with Gasteiger partial charge in [-0.15, -0.1) is 23.7 Å². The Balaban J connectivity index is 0.00000312. The smallest absolute Gasteiger partial charge is 0.252 e. The minimum absolute atomic E-state index is 0. The molecule has 0 saturated carbocycles. The molecule has 142 valence electrons. The third-order valence-electron chi connectivity index (χ3n) is 3.57. The first-order valence-corrected chi connectivity index (χ1v) is 9.98. The van der Waals surface area contributed by atoms with Crippen molar-refractivity contribution in [3.05, 3.63) is 16.5 Å². The molecule has 12 heteroatoms. The fraction of sp³-hybridized carbons (Fsp3) is 0.538. The van der Waals surface area contributed by atoms with Crippen LogP contribution < -0.4 is 11.1 Å². The minimum atomic E-state index is -3.60. The zero-order chi connectivity index (χ0) is 17.7. The summed E-state index contributed by atoms with van der Waals surface area (Å²) in [6, 6.07) is 3.03. The maximum atomic E-state index is 12.6. The third-order valence-corrected chi connectivity index (χ3v) is 7.17. The van der Waals surface area contributed by atoms with Crippen molar-refractivity contribution < 1.29 is 18.0 Å². The van der Waals surface area contributed by atoms with E-state index in [1.807, 2.05) is 0 Å². The first-order valence-electron chi connectivity index (χ1n) is 7.34. The van der Waals surface area contributed by atoms with Crippen molar-refractivity contribution in [2.75, 3.05) is 39.3 Å². The molecule has 1 aromatic rings. The molecule has 2 amide bonds. The van der Waals surface area contributed by atoms with Crippen molar-refractivity contribution in [2.24, 2.45) is 5.73 Å². The van der Waals surface area contributed by atoms with Gasteiger partial charge in [0.1, 0.15) is 4.21 Å². The van der Waals surface area contributed by atoms with E-state index < -0.39 is 15.9 Å². The Kier molecular flexibility index (Phi) is 8.58. The van der Waals surface area contributed by atoms with E-state index >= 15 is 0 Å². The van der Waals surface area contributed by atoms with Crippen LogP contribution >= 0.6 is 35.3 Å². The number of hydrogen-bond acceptors (Lipinski definition) is 6. The molecular weight excluding hydrogens is 411 g/mol. The molecule has 0 aliphatic carbocycles. The summed E-state index contributed by atoms with van der Waals surface area (Å²) in [5.74, 6) is -0.660. The van der Waals surface area contributed by atoms with Crippen molar-refractivity contribution in [1.82, 2.24) is 14.5 Å². The Labute approximate surface area is 161 Å². The molecule has 2 heterocycles. The molecule has 1 aromatic heterocycles. The van der Waals surface area contributed by atoms with E-state index in [4.69, 9.17) is 17.3 Å². The molecule has 1 saturated heterocycles. The predicted octanol–water partition coefficient (Wildman–Crippen LogP) is 0.121. The lowest BCUT2D eigenvalue weighted by atomic mass is 10.4. The number of rotatable bonds is 5. The average Bonchev–Trinajstić information content (AvgIpc) is 2.85. The van der Waals surface area contributed by atoms with Crippen LogP contribution in [0.5, 0.6) is 0 Å². The molecule has 1 fully saturated rings. The van der Waals surface area contributed by atoms with Gasteiger partial charge in [-0.05, 0) is 18.6 Å². The first-order chi connectivity index (χ1) is 11.3. The van der Waals surface area contributed by atoms with E-state index in [9.17, 15) is 18.0 Å². The van der Waals surface area contributed by atoms with Gasteiger partial charge in [0.15, 0.2) is 0 Å². The Hall–Kier alpha value is -0.910. The van der Waals surface area contributed by atoms with Gasteiger partial charge in [-0.3, -0.25) is 9.59 Å². The number of nitrogens with one attached hydrogen (secondary N) is 1. The normalized spacial score (nSPS) is 16.0. The number of halogens is 2. The summed E-state index contributed by atoms with van der Waals surface area (Å²) in [6.07, 6.45) is 0.523. The lowest BCUT2D eigenvalue weighted by molar-refractivity contribution is -0.132. The number of amides is 2. The van der Waals surface area contributed by atoms with E-state index in [0.717, 1.165) is 11.3 Å². The Morgan fingerprint density at radius 1 is 1.24 bits per heavy atom. The molecule has 2 rings (SSSR count). The molecule has 3 N–H and O–H groups in total. The molecule has 0 unspecified atom stereocenters. The monoisotopic (exact) mass is 430 g/mol. The summed E-state index contributed by atoms with van der Waals surface area (Å²) in [5, 5.41) is 2.42. The van der Waals surface area contributed by atoms with E-state index in [1.165, 1.54) is 10.4 Å². The number of nitrogens with zero attached hydrogens (tertiary/aromatic N) is 2. The van der Waals surface area contributed by atoms with Gasteiger partial charge in [-0.1, -0.05) is 11.6 Å². The van der Waals surface area contributed by atoms with Gasteiger partial charge < -0.3 is 16.0 Å². The third kappa shape index (κ3) is 5.80. The fourth-order valence-electron chi connectivity index (χ4n) is 2.31. The SMILES string of the molecule is Cl.NCC(=O)NCC(=O)N1CCCN(S(=O)(=O)c2ccc(Cl)s2)CC1. The van der Waals surface area contributed by atoms with Crippen molar-refractivity contribution in [3.8, 4) is 0 Å². The summed E-state index contributed by atoms with van der Waals surface area (Å²) in [6.45, 7) is 0.932. The summed E-state index contributed by atoms with van der Waals surface area (Å²) >= 11 is 6.83. The molecule has 1 aliphatic heterocycles. The molecule has 0 bridgehead atoms. The molecule has 0 spiro atoms. The average molecular weight is 431 g/mol. The van der Waals surface area contributed by atoms with Crippen LogP contribution in [-0.2, 0) is 19.6 Å². The van der Waals surface area contributed by atoms with Crippen molar-refractivity contribution in [3.63, 3.8) is 0 Å². The van der Waals surface area contributed by atoms with E-state index in [0.29, 0.717) is 23.8 Å². The highest BCUT2D eigenvalue weighted by Gasteiger charge is 2.29. The number of carbonyl (C=O) groups is 2. The fourth-order valence-corrected chi connectivity index (χ4v) is 5.41. The minimum Gasteiger partial charge on any atom is -0.346 e. The highest BCUT2D eigenvalue weighted by Crippen LogP contribution is 2.28. The second-order valence-electron chi connectivity index (χ2n) is 5.18. The number of sulfonamides is 1. The van der Waals surface area contributed by atoms with Crippen LogP contribution in [0.25, 0.3) is 0 Å². The van der Waals surface area contributed by atoms with Crippen LogP contribution in [0.15, 0.2) is 16.3 Å². The number of nitrogens with two attached hydrogens (primary N) is 1. The summed E-state index contributed by atoms with van der Waals surface area (Å²) in [7, 11) is -3.60. The van der Waals surface area contributed by atoms with Crippen LogP contribution in [0.3, 0.4) is 0 Å². The Bertz CT molecular complexity index is 711. The van der Waals surface area contributed by atoms with Crippen molar-refractivity contribution >= 4 is 57.2 Å². The highest BCUT2D eigenvalue weighted by molar-refractivity contribution is 7.91. The largest absolute Gasteiger partial charge is 0.346 e. The maximum Gasteiger partial charge on any atom is 0.252 e. The zero-order valence-corrected chi connectivity index (χ0v) is 16.5. The van der Waals surface area contributed by atoms with Crippen molar-refractivity contribution in [2.45, 2.75) is 10.6 Å². The first kappa shape index (κ1) is 22.1. The Morgan fingerprint density at radius 3 is 2.56 bits per heavy atom. The lowest BCUT2D eigenvalue weighted by Gasteiger charge is -2.21. The summed E-state index contributed by atoms with van der Waals surface area (Å²) in [4.78, 5) is 24.7. The predicted molar refractivity (Wildman–Crippen MR) is 98.6 cm³/mol. The van der Waals surface area contributed by atoms with Gasteiger partial charge in [0.2, 0.25) is 11.8 Å². The van der Waals surface area contributed by atoms with E-state index in [2.05, 4.69) is 5.32 Å². The van der Waals surface area contributed by atoms with E-state index in [-0.39, 0.29) is 48.7 Å². The number of hydrogen-bond donors (Lipinski definition) is 2. The highest BCUT2D eigenvalue weighted by atomic mass is 35.5. The summed E-state index contributed by atoms with van der Waals surface area (Å²) in [5.41, 5.74) is 5.17. The van der Waals surface area contributed by atoms with E-state index in [1.54, 1.807) is 11.0 Å².